The molecule has 0 saturated carbocycles. The fraction of sp³-hybridized carbons (Fsp3) is 0.0667. The molecule has 0 fully saturated rings. The van der Waals surface area contributed by atoms with Crippen LogP contribution in [0.3, 0.4) is 0 Å². The van der Waals surface area contributed by atoms with E-state index in [1.165, 1.54) is 11.0 Å². The van der Waals surface area contributed by atoms with Gasteiger partial charge in [-0.25, -0.2) is 4.68 Å². The molecule has 0 aliphatic heterocycles. The van der Waals surface area contributed by atoms with E-state index in [9.17, 15) is 4.79 Å². The maximum Gasteiger partial charge on any atom is 0.228 e. The lowest BCUT2D eigenvalue weighted by Gasteiger charge is -2.08. The fourth-order valence-corrected chi connectivity index (χ4v) is 2.36. The maximum absolute atomic E-state index is 12.1. The number of halogens is 2. The summed E-state index contributed by atoms with van der Waals surface area (Å²) >= 11 is 11.9. The van der Waals surface area contributed by atoms with Gasteiger partial charge in [-0.15, -0.1) is 5.10 Å². The minimum Gasteiger partial charge on any atom is -0.324 e. The standard InChI is InChI=1S/C15H11Cl2N5O/c16-11-3-6-13(17)14(8-11)19-15(23)7-10-1-4-12(5-2-10)22-9-18-20-21-22/h1-6,8-9H,7H2,(H,19,23). The smallest absolute Gasteiger partial charge is 0.228 e. The van der Waals surface area contributed by atoms with Crippen LogP contribution >= 0.6 is 23.2 Å². The highest BCUT2D eigenvalue weighted by molar-refractivity contribution is 6.35. The van der Waals surface area contributed by atoms with Crippen molar-refractivity contribution in [1.82, 2.24) is 20.2 Å². The van der Waals surface area contributed by atoms with Gasteiger partial charge in [0.25, 0.3) is 0 Å². The number of aromatic nitrogens is 4. The zero-order valence-corrected chi connectivity index (χ0v) is 13.3. The highest BCUT2D eigenvalue weighted by Crippen LogP contribution is 2.25. The molecule has 1 amide bonds. The molecule has 1 N–H and O–H groups in total. The van der Waals surface area contributed by atoms with E-state index in [-0.39, 0.29) is 12.3 Å². The molecule has 0 atom stereocenters. The Labute approximate surface area is 142 Å². The van der Waals surface area contributed by atoms with Crippen LogP contribution in [-0.2, 0) is 11.2 Å². The third-order valence-electron chi connectivity index (χ3n) is 3.12. The Morgan fingerprint density at radius 3 is 2.61 bits per heavy atom. The fourth-order valence-electron chi connectivity index (χ4n) is 2.02. The molecular formula is C15H11Cl2N5O. The number of carbonyl (C=O) groups is 1. The summed E-state index contributed by atoms with van der Waals surface area (Å²) in [5.74, 6) is -0.177. The van der Waals surface area contributed by atoms with E-state index in [1.807, 2.05) is 24.3 Å². The third-order valence-corrected chi connectivity index (χ3v) is 3.68. The van der Waals surface area contributed by atoms with Gasteiger partial charge in [0.2, 0.25) is 5.91 Å². The lowest BCUT2D eigenvalue weighted by Crippen LogP contribution is -2.14. The van der Waals surface area contributed by atoms with Gasteiger partial charge in [0.1, 0.15) is 6.33 Å². The summed E-state index contributed by atoms with van der Waals surface area (Å²) in [7, 11) is 0. The molecule has 23 heavy (non-hydrogen) atoms. The van der Waals surface area contributed by atoms with Crippen molar-refractivity contribution >= 4 is 34.8 Å². The van der Waals surface area contributed by atoms with Crippen molar-refractivity contribution in [3.8, 4) is 5.69 Å². The van der Waals surface area contributed by atoms with Gasteiger partial charge in [-0.2, -0.15) is 0 Å². The topological polar surface area (TPSA) is 72.7 Å². The molecule has 3 rings (SSSR count). The van der Waals surface area contributed by atoms with Crippen LogP contribution in [0.2, 0.25) is 10.0 Å². The first-order valence-electron chi connectivity index (χ1n) is 6.69. The van der Waals surface area contributed by atoms with Gasteiger partial charge in [0.05, 0.1) is 22.8 Å². The summed E-state index contributed by atoms with van der Waals surface area (Å²) in [6, 6.07) is 12.3. The van der Waals surface area contributed by atoms with Crippen LogP contribution < -0.4 is 5.32 Å². The Morgan fingerprint density at radius 1 is 1.13 bits per heavy atom. The van der Waals surface area contributed by atoms with Gasteiger partial charge in [-0.05, 0) is 46.3 Å². The van der Waals surface area contributed by atoms with Crippen molar-refractivity contribution in [1.29, 1.82) is 0 Å². The highest BCUT2D eigenvalue weighted by atomic mass is 35.5. The summed E-state index contributed by atoms with van der Waals surface area (Å²) in [6.45, 7) is 0. The second-order valence-corrected chi connectivity index (χ2v) is 5.61. The number of benzene rings is 2. The summed E-state index contributed by atoms with van der Waals surface area (Å²) in [5.41, 5.74) is 2.17. The van der Waals surface area contributed by atoms with Crippen molar-refractivity contribution in [2.75, 3.05) is 5.32 Å². The molecule has 0 spiro atoms. The first-order valence-corrected chi connectivity index (χ1v) is 7.44. The van der Waals surface area contributed by atoms with E-state index in [0.717, 1.165) is 11.3 Å². The molecule has 2 aromatic carbocycles. The molecule has 8 heteroatoms. The molecule has 0 radical (unpaired) electrons. The lowest BCUT2D eigenvalue weighted by molar-refractivity contribution is -0.115. The number of nitrogens with one attached hydrogen (secondary N) is 1. The average Bonchev–Trinajstić information content (AvgIpc) is 3.06. The summed E-state index contributed by atoms with van der Waals surface area (Å²) in [5, 5.41) is 14.7. The van der Waals surface area contributed by atoms with E-state index in [1.54, 1.807) is 18.2 Å². The van der Waals surface area contributed by atoms with Crippen LogP contribution in [0.4, 0.5) is 5.69 Å². The molecule has 0 unspecified atom stereocenters. The van der Waals surface area contributed by atoms with Crippen molar-refractivity contribution < 1.29 is 4.79 Å². The van der Waals surface area contributed by atoms with Crippen LogP contribution in [-0.4, -0.2) is 26.1 Å². The van der Waals surface area contributed by atoms with Crippen LogP contribution in [0, 0.1) is 0 Å². The van der Waals surface area contributed by atoms with Crippen LogP contribution in [0.25, 0.3) is 5.69 Å². The molecule has 0 aliphatic rings. The van der Waals surface area contributed by atoms with E-state index >= 15 is 0 Å². The Bertz CT molecular complexity index is 818. The number of amides is 1. The third kappa shape index (κ3) is 3.85. The monoisotopic (exact) mass is 347 g/mol. The Hall–Kier alpha value is -2.44. The van der Waals surface area contributed by atoms with Crippen LogP contribution in [0.1, 0.15) is 5.56 Å². The second kappa shape index (κ2) is 6.76. The Morgan fingerprint density at radius 2 is 1.91 bits per heavy atom. The minimum atomic E-state index is -0.177. The number of nitrogens with zero attached hydrogens (tertiary/aromatic N) is 4. The molecular weight excluding hydrogens is 337 g/mol. The molecule has 116 valence electrons. The summed E-state index contributed by atoms with van der Waals surface area (Å²) in [6.07, 6.45) is 1.72. The van der Waals surface area contributed by atoms with E-state index in [2.05, 4.69) is 20.8 Å². The van der Waals surface area contributed by atoms with Gasteiger partial charge in [-0.3, -0.25) is 4.79 Å². The van der Waals surface area contributed by atoms with Crippen molar-refractivity contribution in [3.63, 3.8) is 0 Å². The van der Waals surface area contributed by atoms with Gasteiger partial charge < -0.3 is 5.32 Å². The first-order chi connectivity index (χ1) is 11.1. The molecule has 3 aromatic rings. The highest BCUT2D eigenvalue weighted by Gasteiger charge is 2.08. The quantitative estimate of drug-likeness (QED) is 0.786. The molecule has 0 aliphatic carbocycles. The summed E-state index contributed by atoms with van der Waals surface area (Å²) < 4.78 is 1.54. The number of hydrogen-bond acceptors (Lipinski definition) is 4. The van der Waals surface area contributed by atoms with Gasteiger partial charge in [0, 0.05) is 5.02 Å². The second-order valence-electron chi connectivity index (χ2n) is 4.77. The van der Waals surface area contributed by atoms with Crippen LogP contribution in [0.15, 0.2) is 48.8 Å². The zero-order valence-electron chi connectivity index (χ0n) is 11.8. The van der Waals surface area contributed by atoms with E-state index < -0.39 is 0 Å². The SMILES string of the molecule is O=C(Cc1ccc(-n2cnnn2)cc1)Nc1cc(Cl)ccc1Cl. The number of tetrazole rings is 1. The number of rotatable bonds is 4. The number of carbonyl (C=O) groups excluding carboxylic acids is 1. The van der Waals surface area contributed by atoms with Crippen molar-refractivity contribution in [2.45, 2.75) is 6.42 Å². The van der Waals surface area contributed by atoms with Crippen molar-refractivity contribution in [3.05, 3.63) is 64.4 Å². The molecule has 1 heterocycles. The van der Waals surface area contributed by atoms with Gasteiger partial charge in [-0.1, -0.05) is 35.3 Å². The minimum absolute atomic E-state index is 0.177. The van der Waals surface area contributed by atoms with Gasteiger partial charge in [0.15, 0.2) is 0 Å². The average molecular weight is 348 g/mol. The molecule has 0 saturated heterocycles. The molecule has 0 bridgehead atoms. The van der Waals surface area contributed by atoms with Gasteiger partial charge >= 0.3 is 0 Å². The predicted molar refractivity (Wildman–Crippen MR) is 87.9 cm³/mol. The Kier molecular flexibility index (Phi) is 4.55. The van der Waals surface area contributed by atoms with E-state index in [4.69, 9.17) is 23.2 Å². The molecule has 6 nitrogen and oxygen atoms in total. The number of anilines is 1. The first kappa shape index (κ1) is 15.5. The Balaban J connectivity index is 1.67. The van der Waals surface area contributed by atoms with Crippen molar-refractivity contribution in [2.24, 2.45) is 0 Å². The number of hydrogen-bond donors (Lipinski definition) is 1. The van der Waals surface area contributed by atoms with E-state index in [0.29, 0.717) is 15.7 Å². The van der Waals surface area contributed by atoms with Crippen LogP contribution in [0.5, 0.6) is 0 Å². The predicted octanol–water partition coefficient (Wildman–Crippen LogP) is 3.15. The largest absolute Gasteiger partial charge is 0.324 e. The molecule has 1 aromatic heterocycles. The maximum atomic E-state index is 12.1. The zero-order chi connectivity index (χ0) is 16.2. The normalized spacial score (nSPS) is 10.5. The lowest BCUT2D eigenvalue weighted by atomic mass is 10.1. The summed E-state index contributed by atoms with van der Waals surface area (Å²) in [4.78, 5) is 12.1.